The number of hydrogen-bond acceptors (Lipinski definition) is 5. The Morgan fingerprint density at radius 3 is 2.65 bits per heavy atom. The zero-order chi connectivity index (χ0) is 23.0. The molecule has 0 amide bonds. The molecule has 0 aromatic heterocycles. The van der Waals surface area contributed by atoms with E-state index >= 15 is 0 Å². The summed E-state index contributed by atoms with van der Waals surface area (Å²) in [5.74, 6) is -0.121. The Morgan fingerprint density at radius 2 is 1.97 bits per heavy atom. The Bertz CT molecular complexity index is 838. The number of allylic oxidation sites excluding steroid dienone is 1. The van der Waals surface area contributed by atoms with Crippen LogP contribution in [0.3, 0.4) is 0 Å². The first-order valence-electron chi connectivity index (χ1n) is 10.4. The van der Waals surface area contributed by atoms with Crippen molar-refractivity contribution < 1.29 is 27.8 Å². The van der Waals surface area contributed by atoms with Crippen molar-refractivity contribution in [1.82, 2.24) is 10.4 Å². The predicted octanol–water partition coefficient (Wildman–Crippen LogP) is 5.79. The van der Waals surface area contributed by atoms with Gasteiger partial charge in [-0.05, 0) is 55.0 Å². The molecule has 0 atom stereocenters. The van der Waals surface area contributed by atoms with E-state index in [0.29, 0.717) is 12.8 Å². The molecular weight excluding hydrogens is 433 g/mol. The average Bonchev–Trinajstić information content (AvgIpc) is 3.23. The molecule has 0 saturated carbocycles. The van der Waals surface area contributed by atoms with Crippen molar-refractivity contribution in [3.8, 4) is 11.5 Å². The molecule has 9 heteroatoms. The van der Waals surface area contributed by atoms with Crippen LogP contribution in [0.5, 0.6) is 11.5 Å². The van der Waals surface area contributed by atoms with Crippen molar-refractivity contribution in [1.29, 1.82) is 0 Å². The van der Waals surface area contributed by atoms with Crippen molar-refractivity contribution in [2.24, 2.45) is 0 Å². The summed E-state index contributed by atoms with van der Waals surface area (Å²) in [5, 5.41) is 11.5. The minimum Gasteiger partial charge on any atom is -0.505 e. The van der Waals surface area contributed by atoms with Gasteiger partial charge in [-0.3, -0.25) is 4.79 Å². The fourth-order valence-electron chi connectivity index (χ4n) is 3.58. The highest BCUT2D eigenvalue weighted by molar-refractivity contribution is 6.32. The molecule has 1 aromatic carbocycles. The number of alkyl halides is 3. The van der Waals surface area contributed by atoms with Gasteiger partial charge in [0.15, 0.2) is 6.29 Å². The van der Waals surface area contributed by atoms with Crippen molar-refractivity contribution in [2.45, 2.75) is 52.1 Å². The van der Waals surface area contributed by atoms with Crippen LogP contribution in [0.1, 0.15) is 56.3 Å². The van der Waals surface area contributed by atoms with Gasteiger partial charge in [-0.25, -0.2) is 5.43 Å². The zero-order valence-electron chi connectivity index (χ0n) is 17.7. The second kappa shape index (κ2) is 11.4. The summed E-state index contributed by atoms with van der Waals surface area (Å²) in [6.07, 6.45) is 0.670. The highest BCUT2D eigenvalue weighted by atomic mass is 35.5. The van der Waals surface area contributed by atoms with Crippen molar-refractivity contribution in [3.63, 3.8) is 0 Å². The van der Waals surface area contributed by atoms with E-state index in [2.05, 4.69) is 5.43 Å². The Labute approximate surface area is 185 Å². The molecule has 2 N–H and O–H groups in total. The Balaban J connectivity index is 0.00000166. The molecule has 5 nitrogen and oxygen atoms in total. The monoisotopic (exact) mass is 460 g/mol. The lowest BCUT2D eigenvalue weighted by molar-refractivity contribution is -0.137. The van der Waals surface area contributed by atoms with Gasteiger partial charge in [-0.15, -0.1) is 0 Å². The molecule has 1 heterocycles. The SMILES string of the molecule is CC.O=Cc1c(OCC2=C(C3=CCNN3CCC(F)(F)F)CCCC2)ccc(Cl)c1O. The summed E-state index contributed by atoms with van der Waals surface area (Å²) in [6, 6.07) is 2.96. The summed E-state index contributed by atoms with van der Waals surface area (Å²) in [5.41, 5.74) is 5.68. The summed E-state index contributed by atoms with van der Waals surface area (Å²) in [4.78, 5) is 11.3. The molecule has 0 radical (unpaired) electrons. The second-order valence-corrected chi connectivity index (χ2v) is 7.38. The largest absolute Gasteiger partial charge is 0.505 e. The van der Waals surface area contributed by atoms with Gasteiger partial charge in [0, 0.05) is 13.1 Å². The number of carbonyl (C=O) groups is 1. The Morgan fingerprint density at radius 1 is 1.26 bits per heavy atom. The van der Waals surface area contributed by atoms with Gasteiger partial charge in [0.05, 0.1) is 22.7 Å². The van der Waals surface area contributed by atoms with Crippen LogP contribution in [-0.4, -0.2) is 42.3 Å². The number of aldehydes is 1. The van der Waals surface area contributed by atoms with Crippen LogP contribution in [0.25, 0.3) is 0 Å². The number of aromatic hydroxyl groups is 1. The van der Waals surface area contributed by atoms with Crippen molar-refractivity contribution in [3.05, 3.63) is 45.6 Å². The van der Waals surface area contributed by atoms with Crippen molar-refractivity contribution >= 4 is 17.9 Å². The minimum absolute atomic E-state index is 0.0241. The number of phenols is 1. The highest BCUT2D eigenvalue weighted by Crippen LogP contribution is 2.36. The van der Waals surface area contributed by atoms with Crippen LogP contribution in [0, 0.1) is 0 Å². The molecule has 172 valence electrons. The lowest BCUT2D eigenvalue weighted by Gasteiger charge is -2.29. The van der Waals surface area contributed by atoms with Gasteiger partial charge in [-0.2, -0.15) is 13.2 Å². The van der Waals surface area contributed by atoms with E-state index in [1.54, 1.807) is 5.01 Å². The molecule has 0 saturated heterocycles. The Hall–Kier alpha value is -2.19. The van der Waals surface area contributed by atoms with E-state index in [-0.39, 0.29) is 35.2 Å². The number of halogens is 4. The maximum atomic E-state index is 12.6. The minimum atomic E-state index is -4.22. The molecule has 0 bridgehead atoms. The molecule has 0 unspecified atom stereocenters. The van der Waals surface area contributed by atoms with Crippen LogP contribution < -0.4 is 10.2 Å². The summed E-state index contributed by atoms with van der Waals surface area (Å²) >= 11 is 5.83. The molecular formula is C22H28ClF3N2O3. The molecule has 0 spiro atoms. The number of benzene rings is 1. The van der Waals surface area contributed by atoms with E-state index in [1.807, 2.05) is 19.9 Å². The van der Waals surface area contributed by atoms with E-state index < -0.39 is 12.6 Å². The Kier molecular flexibility index (Phi) is 9.25. The van der Waals surface area contributed by atoms with Gasteiger partial charge in [0.2, 0.25) is 0 Å². The molecule has 31 heavy (non-hydrogen) atoms. The molecule has 1 aliphatic carbocycles. The summed E-state index contributed by atoms with van der Waals surface area (Å²) in [6.45, 7) is 4.50. The third kappa shape index (κ3) is 6.64. The third-order valence-corrected chi connectivity index (χ3v) is 5.33. The number of hydrogen-bond donors (Lipinski definition) is 2. The topological polar surface area (TPSA) is 61.8 Å². The van der Waals surface area contributed by atoms with Gasteiger partial charge >= 0.3 is 6.18 Å². The third-order valence-electron chi connectivity index (χ3n) is 5.03. The first kappa shape index (κ1) is 25.1. The van der Waals surface area contributed by atoms with Crippen LogP contribution in [0.4, 0.5) is 13.2 Å². The number of phenolic OH excluding ortho intramolecular Hbond substituents is 1. The number of nitrogens with one attached hydrogen (secondary N) is 1. The van der Waals surface area contributed by atoms with E-state index in [0.717, 1.165) is 42.5 Å². The quantitative estimate of drug-likeness (QED) is 0.504. The van der Waals surface area contributed by atoms with Gasteiger partial charge in [0.25, 0.3) is 0 Å². The van der Waals surface area contributed by atoms with Crippen LogP contribution in [0.2, 0.25) is 5.02 Å². The van der Waals surface area contributed by atoms with Crippen LogP contribution in [-0.2, 0) is 0 Å². The van der Waals surface area contributed by atoms with Gasteiger partial charge < -0.3 is 14.9 Å². The normalized spacial score (nSPS) is 16.6. The maximum absolute atomic E-state index is 12.6. The number of rotatable bonds is 7. The first-order chi connectivity index (χ1) is 14.8. The lowest BCUT2D eigenvalue weighted by Crippen LogP contribution is -2.36. The number of ether oxygens (including phenoxy) is 1. The van der Waals surface area contributed by atoms with Gasteiger partial charge in [-0.1, -0.05) is 25.4 Å². The molecule has 1 aromatic rings. The van der Waals surface area contributed by atoms with Gasteiger partial charge in [0.1, 0.15) is 18.1 Å². The number of carbonyl (C=O) groups excluding carboxylic acids is 1. The summed E-state index contributed by atoms with van der Waals surface area (Å²) in [7, 11) is 0. The number of hydrazine groups is 1. The predicted molar refractivity (Wildman–Crippen MR) is 114 cm³/mol. The van der Waals surface area contributed by atoms with E-state index in [4.69, 9.17) is 16.3 Å². The zero-order valence-corrected chi connectivity index (χ0v) is 18.4. The molecule has 2 aliphatic rings. The maximum Gasteiger partial charge on any atom is 0.390 e. The average molecular weight is 461 g/mol. The summed E-state index contributed by atoms with van der Waals surface area (Å²) < 4.78 is 43.7. The molecule has 3 rings (SSSR count). The van der Waals surface area contributed by atoms with Crippen LogP contribution in [0.15, 0.2) is 35.1 Å². The fourth-order valence-corrected chi connectivity index (χ4v) is 3.74. The fraction of sp³-hybridized carbons (Fsp3) is 0.500. The second-order valence-electron chi connectivity index (χ2n) is 6.97. The lowest BCUT2D eigenvalue weighted by atomic mass is 9.90. The molecule has 0 fully saturated rings. The first-order valence-corrected chi connectivity index (χ1v) is 10.8. The van der Waals surface area contributed by atoms with Crippen molar-refractivity contribution in [2.75, 3.05) is 19.7 Å². The highest BCUT2D eigenvalue weighted by Gasteiger charge is 2.30. The van der Waals surface area contributed by atoms with Crippen LogP contribution >= 0.6 is 11.6 Å². The number of nitrogens with zero attached hydrogens (tertiary/aromatic N) is 1. The van der Waals surface area contributed by atoms with E-state index in [1.165, 1.54) is 12.1 Å². The smallest absolute Gasteiger partial charge is 0.390 e. The standard InChI is InChI=1S/C20H22ClF3N2O3.C2H6/c21-16-5-6-18(15(11-27)19(16)28)29-12-13-3-1-2-4-14(13)17-7-9-25-26(17)10-8-20(22,23)24;1-2/h5-7,11,25,28H,1-4,8-10,12H2;1-2H3. The van der Waals surface area contributed by atoms with E-state index in [9.17, 15) is 23.1 Å². The molecule has 1 aliphatic heterocycles.